The van der Waals surface area contributed by atoms with Crippen LogP contribution in [0.4, 0.5) is 0 Å². The summed E-state index contributed by atoms with van der Waals surface area (Å²) in [7, 11) is 0. The van der Waals surface area contributed by atoms with Crippen LogP contribution in [0.25, 0.3) is 0 Å². The van der Waals surface area contributed by atoms with Gasteiger partial charge in [0.2, 0.25) is 0 Å². The third-order valence-corrected chi connectivity index (χ3v) is 4.05. The van der Waals surface area contributed by atoms with E-state index < -0.39 is 5.97 Å². The van der Waals surface area contributed by atoms with E-state index in [0.29, 0.717) is 13.2 Å². The molecule has 2 aliphatic rings. The van der Waals surface area contributed by atoms with E-state index >= 15 is 0 Å². The van der Waals surface area contributed by atoms with Gasteiger partial charge in [-0.25, -0.2) is 0 Å². The lowest BCUT2D eigenvalue weighted by molar-refractivity contribution is -0.143. The van der Waals surface area contributed by atoms with Crippen molar-refractivity contribution >= 4 is 5.97 Å². The van der Waals surface area contributed by atoms with Gasteiger partial charge in [-0.05, 0) is 6.54 Å². The second kappa shape index (κ2) is 7.19. The number of hydrogen-bond acceptors (Lipinski definition) is 5. The number of carboxylic acid groups (broad SMARTS) is 1. The zero-order valence-electron chi connectivity index (χ0n) is 11.6. The van der Waals surface area contributed by atoms with Crippen LogP contribution in [0.15, 0.2) is 0 Å². The van der Waals surface area contributed by atoms with E-state index in [-0.39, 0.29) is 12.0 Å². The van der Waals surface area contributed by atoms with Crippen LogP contribution in [0.1, 0.15) is 6.92 Å². The highest BCUT2D eigenvalue weighted by atomic mass is 16.5. The zero-order valence-corrected chi connectivity index (χ0v) is 11.6. The molecule has 110 valence electrons. The molecule has 6 nitrogen and oxygen atoms in total. The molecule has 2 rings (SSSR count). The van der Waals surface area contributed by atoms with Gasteiger partial charge < -0.3 is 14.6 Å². The van der Waals surface area contributed by atoms with Crippen molar-refractivity contribution in [3.8, 4) is 0 Å². The first-order chi connectivity index (χ1) is 9.22. The molecular weight excluding hydrogens is 248 g/mol. The Labute approximate surface area is 114 Å². The summed E-state index contributed by atoms with van der Waals surface area (Å²) in [6.07, 6.45) is 0. The maximum absolute atomic E-state index is 11.2. The molecule has 0 aromatic heterocycles. The highest BCUT2D eigenvalue weighted by Gasteiger charge is 2.37. The van der Waals surface area contributed by atoms with Crippen LogP contribution >= 0.6 is 0 Å². The Kier molecular flexibility index (Phi) is 5.57. The molecule has 0 saturated carbocycles. The van der Waals surface area contributed by atoms with Crippen molar-refractivity contribution < 1.29 is 19.4 Å². The third-order valence-electron chi connectivity index (χ3n) is 4.05. The molecule has 2 saturated heterocycles. The number of likely N-dealkylation sites (N-methyl/N-ethyl adjacent to an activating group) is 1. The highest BCUT2D eigenvalue weighted by Crippen LogP contribution is 2.20. The van der Waals surface area contributed by atoms with E-state index in [1.807, 2.05) is 0 Å². The van der Waals surface area contributed by atoms with Crippen LogP contribution < -0.4 is 0 Å². The van der Waals surface area contributed by atoms with Crippen LogP contribution in [0.2, 0.25) is 0 Å². The molecular formula is C13H24N2O4. The molecule has 0 amide bonds. The Hall–Kier alpha value is -0.690. The number of hydrogen-bond donors (Lipinski definition) is 1. The van der Waals surface area contributed by atoms with Crippen molar-refractivity contribution in [2.75, 3.05) is 59.2 Å². The van der Waals surface area contributed by atoms with Crippen LogP contribution in [0.5, 0.6) is 0 Å². The largest absolute Gasteiger partial charge is 0.481 e. The molecule has 19 heavy (non-hydrogen) atoms. The zero-order chi connectivity index (χ0) is 13.7. The SMILES string of the molecule is CCN(CCN1CCOCC1)C1COCC1C(=O)O. The predicted molar refractivity (Wildman–Crippen MR) is 70.2 cm³/mol. The summed E-state index contributed by atoms with van der Waals surface area (Å²) < 4.78 is 10.7. The number of carbonyl (C=O) groups is 1. The average Bonchev–Trinajstić information content (AvgIpc) is 2.90. The summed E-state index contributed by atoms with van der Waals surface area (Å²) in [5.41, 5.74) is 0. The lowest BCUT2D eigenvalue weighted by atomic mass is 10.0. The van der Waals surface area contributed by atoms with Crippen LogP contribution in [-0.4, -0.2) is 86.1 Å². The normalized spacial score (nSPS) is 28.9. The lowest BCUT2D eigenvalue weighted by Gasteiger charge is -2.33. The molecule has 2 atom stereocenters. The summed E-state index contributed by atoms with van der Waals surface area (Å²) in [4.78, 5) is 15.8. The van der Waals surface area contributed by atoms with Gasteiger partial charge in [0, 0.05) is 32.2 Å². The first-order valence-electron chi connectivity index (χ1n) is 7.07. The van der Waals surface area contributed by atoms with E-state index in [0.717, 1.165) is 45.9 Å². The van der Waals surface area contributed by atoms with Gasteiger partial charge >= 0.3 is 5.97 Å². The Morgan fingerprint density at radius 3 is 2.68 bits per heavy atom. The summed E-state index contributed by atoms with van der Waals surface area (Å²) >= 11 is 0. The summed E-state index contributed by atoms with van der Waals surface area (Å²) in [6.45, 7) is 9.24. The van der Waals surface area contributed by atoms with Crippen molar-refractivity contribution in [3.63, 3.8) is 0 Å². The minimum atomic E-state index is -0.743. The van der Waals surface area contributed by atoms with Gasteiger partial charge in [0.1, 0.15) is 0 Å². The Morgan fingerprint density at radius 2 is 2.05 bits per heavy atom. The van der Waals surface area contributed by atoms with Gasteiger partial charge in [0.25, 0.3) is 0 Å². The maximum atomic E-state index is 11.2. The average molecular weight is 272 g/mol. The molecule has 1 N–H and O–H groups in total. The Bertz CT molecular complexity index is 294. The number of ether oxygens (including phenoxy) is 2. The summed E-state index contributed by atoms with van der Waals surface area (Å²) in [5.74, 6) is -1.13. The fourth-order valence-corrected chi connectivity index (χ4v) is 2.79. The first kappa shape index (κ1) is 14.7. The molecule has 6 heteroatoms. The molecule has 0 aromatic rings. The second-order valence-corrected chi connectivity index (χ2v) is 5.13. The lowest BCUT2D eigenvalue weighted by Crippen LogP contribution is -2.47. The third kappa shape index (κ3) is 3.89. The highest BCUT2D eigenvalue weighted by molar-refractivity contribution is 5.71. The van der Waals surface area contributed by atoms with E-state index in [1.165, 1.54) is 0 Å². The molecule has 2 heterocycles. The van der Waals surface area contributed by atoms with Gasteiger partial charge in [-0.3, -0.25) is 14.6 Å². The minimum Gasteiger partial charge on any atom is -0.481 e. The Morgan fingerprint density at radius 1 is 1.32 bits per heavy atom. The van der Waals surface area contributed by atoms with Gasteiger partial charge in [0.15, 0.2) is 0 Å². The quantitative estimate of drug-likeness (QED) is 0.719. The fourth-order valence-electron chi connectivity index (χ4n) is 2.79. The molecule has 2 aliphatic heterocycles. The standard InChI is InChI=1S/C13H24N2O4/c1-2-15(4-3-14-5-7-18-8-6-14)12-10-19-9-11(12)13(16)17/h11-12H,2-10H2,1H3,(H,16,17). The van der Waals surface area contributed by atoms with Gasteiger partial charge in [0.05, 0.1) is 32.3 Å². The number of rotatable bonds is 6. The molecule has 0 radical (unpaired) electrons. The molecule has 0 bridgehead atoms. The predicted octanol–water partition coefficient (Wildman–Crippen LogP) is -0.260. The molecule has 2 unspecified atom stereocenters. The van der Waals surface area contributed by atoms with Gasteiger partial charge in [-0.1, -0.05) is 6.92 Å². The van der Waals surface area contributed by atoms with Gasteiger partial charge in [-0.15, -0.1) is 0 Å². The number of aliphatic carboxylic acids is 1. The molecule has 0 spiro atoms. The molecule has 2 fully saturated rings. The van der Waals surface area contributed by atoms with E-state index in [2.05, 4.69) is 16.7 Å². The second-order valence-electron chi connectivity index (χ2n) is 5.13. The van der Waals surface area contributed by atoms with Gasteiger partial charge in [-0.2, -0.15) is 0 Å². The topological polar surface area (TPSA) is 62.2 Å². The number of morpholine rings is 1. The van der Waals surface area contributed by atoms with E-state index in [1.54, 1.807) is 0 Å². The van der Waals surface area contributed by atoms with Crippen LogP contribution in [-0.2, 0) is 14.3 Å². The van der Waals surface area contributed by atoms with Crippen molar-refractivity contribution in [2.45, 2.75) is 13.0 Å². The number of carboxylic acids is 1. The van der Waals surface area contributed by atoms with E-state index in [9.17, 15) is 9.90 Å². The van der Waals surface area contributed by atoms with Crippen molar-refractivity contribution in [1.82, 2.24) is 9.80 Å². The summed E-state index contributed by atoms with van der Waals surface area (Å²) in [5, 5.41) is 9.21. The van der Waals surface area contributed by atoms with E-state index in [4.69, 9.17) is 9.47 Å². The fraction of sp³-hybridized carbons (Fsp3) is 0.923. The maximum Gasteiger partial charge on any atom is 0.310 e. The van der Waals surface area contributed by atoms with Crippen molar-refractivity contribution in [3.05, 3.63) is 0 Å². The van der Waals surface area contributed by atoms with Crippen LogP contribution in [0, 0.1) is 5.92 Å². The minimum absolute atomic E-state index is 0.0172. The monoisotopic (exact) mass is 272 g/mol. The van der Waals surface area contributed by atoms with Crippen LogP contribution in [0.3, 0.4) is 0 Å². The Balaban J connectivity index is 1.83. The summed E-state index contributed by atoms with van der Waals surface area (Å²) in [6, 6.07) is 0.0172. The van der Waals surface area contributed by atoms with Crippen molar-refractivity contribution in [2.24, 2.45) is 5.92 Å². The molecule has 0 aromatic carbocycles. The first-order valence-corrected chi connectivity index (χ1v) is 7.07. The molecule has 0 aliphatic carbocycles. The number of nitrogens with zero attached hydrogens (tertiary/aromatic N) is 2. The van der Waals surface area contributed by atoms with Crippen molar-refractivity contribution in [1.29, 1.82) is 0 Å². The smallest absolute Gasteiger partial charge is 0.310 e.